The summed E-state index contributed by atoms with van der Waals surface area (Å²) in [5.41, 5.74) is -0.532. The van der Waals surface area contributed by atoms with Crippen LogP contribution in [0.15, 0.2) is 30.3 Å². The summed E-state index contributed by atoms with van der Waals surface area (Å²) >= 11 is 0. The first-order valence-electron chi connectivity index (χ1n) is 9.16. The summed E-state index contributed by atoms with van der Waals surface area (Å²) in [4.78, 5) is 53.0. The number of carbonyl (C=O) groups is 4. The second kappa shape index (κ2) is 7.35. The molecule has 2 saturated heterocycles. The summed E-state index contributed by atoms with van der Waals surface area (Å²) in [6.07, 6.45) is 0.203. The van der Waals surface area contributed by atoms with Gasteiger partial charge < -0.3 is 9.64 Å². The summed E-state index contributed by atoms with van der Waals surface area (Å²) in [6, 6.07) is 8.75. The van der Waals surface area contributed by atoms with Gasteiger partial charge in [0.25, 0.3) is 0 Å². The van der Waals surface area contributed by atoms with Gasteiger partial charge in [-0.05, 0) is 5.56 Å². The molecule has 0 spiro atoms. The molecule has 8 heteroatoms. The summed E-state index contributed by atoms with van der Waals surface area (Å²) in [7, 11) is 4.32. The van der Waals surface area contributed by atoms with Crippen molar-refractivity contribution in [2.45, 2.75) is 24.9 Å². The Morgan fingerprint density at radius 1 is 1.21 bits per heavy atom. The molecule has 2 fully saturated rings. The van der Waals surface area contributed by atoms with Crippen LogP contribution in [-0.4, -0.2) is 72.8 Å². The van der Waals surface area contributed by atoms with E-state index in [9.17, 15) is 19.2 Å². The Kier molecular flexibility index (Phi) is 5.25. The topological polar surface area (TPSA) is 96.0 Å². The van der Waals surface area contributed by atoms with Gasteiger partial charge in [-0.3, -0.25) is 29.4 Å². The molecular weight excluding hydrogens is 362 g/mol. The fraction of sp³-hybridized carbons (Fsp3) is 0.500. The Balaban J connectivity index is 2.07. The molecule has 3 amide bonds. The Morgan fingerprint density at radius 3 is 2.43 bits per heavy atom. The van der Waals surface area contributed by atoms with E-state index < -0.39 is 35.3 Å². The number of ether oxygens (including phenoxy) is 1. The summed E-state index contributed by atoms with van der Waals surface area (Å²) in [5.74, 6) is -3.12. The van der Waals surface area contributed by atoms with Gasteiger partial charge in [0, 0.05) is 40.0 Å². The highest BCUT2D eigenvalue weighted by atomic mass is 16.5. The van der Waals surface area contributed by atoms with Crippen molar-refractivity contribution in [3.63, 3.8) is 0 Å². The monoisotopic (exact) mass is 387 g/mol. The second-order valence-electron chi connectivity index (χ2n) is 7.51. The maximum atomic E-state index is 13.0. The molecule has 2 aliphatic heterocycles. The Bertz CT molecular complexity index is 811. The van der Waals surface area contributed by atoms with Gasteiger partial charge in [0.05, 0.1) is 18.9 Å². The molecule has 0 aliphatic carbocycles. The summed E-state index contributed by atoms with van der Waals surface area (Å²) in [5, 5.41) is 3.24. The smallest absolute Gasteiger partial charge is 0.327 e. The third-order valence-electron chi connectivity index (χ3n) is 5.86. The minimum absolute atomic E-state index is 0.165. The van der Waals surface area contributed by atoms with Crippen LogP contribution in [-0.2, 0) is 30.3 Å². The molecule has 1 aromatic carbocycles. The molecule has 1 N–H and O–H groups in total. The predicted octanol–water partition coefficient (Wildman–Crippen LogP) is -0.178. The molecule has 2 heterocycles. The van der Waals surface area contributed by atoms with Crippen LogP contribution in [0.5, 0.6) is 0 Å². The van der Waals surface area contributed by atoms with E-state index in [1.165, 1.54) is 26.0 Å². The SMILES string of the molecule is COC(=O)[C@]1(Cc2ccccc2)N[C@H](CN(C)C(C)=O)[C@@H]2C(=O)N(C)C(=O)[C@@H]21. The fourth-order valence-electron chi connectivity index (χ4n) is 4.37. The van der Waals surface area contributed by atoms with Crippen molar-refractivity contribution in [3.05, 3.63) is 35.9 Å². The van der Waals surface area contributed by atoms with E-state index in [1.54, 1.807) is 7.05 Å². The van der Waals surface area contributed by atoms with Crippen LogP contribution < -0.4 is 5.32 Å². The highest BCUT2D eigenvalue weighted by Gasteiger charge is 2.67. The third-order valence-corrected chi connectivity index (χ3v) is 5.86. The third kappa shape index (κ3) is 3.07. The molecule has 1 aromatic rings. The van der Waals surface area contributed by atoms with Crippen LogP contribution >= 0.6 is 0 Å². The average Bonchev–Trinajstić information content (AvgIpc) is 3.11. The van der Waals surface area contributed by atoms with E-state index in [0.29, 0.717) is 0 Å². The molecule has 0 unspecified atom stereocenters. The first-order valence-corrected chi connectivity index (χ1v) is 9.16. The minimum atomic E-state index is -1.37. The number of benzene rings is 1. The van der Waals surface area contributed by atoms with Crippen LogP contribution in [0.4, 0.5) is 0 Å². The molecule has 28 heavy (non-hydrogen) atoms. The predicted molar refractivity (Wildman–Crippen MR) is 99.9 cm³/mol. The molecule has 3 rings (SSSR count). The zero-order chi connectivity index (χ0) is 20.6. The number of methoxy groups -OCH3 is 1. The van der Waals surface area contributed by atoms with Crippen LogP contribution in [0.2, 0.25) is 0 Å². The van der Waals surface area contributed by atoms with E-state index in [2.05, 4.69) is 5.32 Å². The fourth-order valence-corrected chi connectivity index (χ4v) is 4.37. The molecule has 0 saturated carbocycles. The molecule has 0 radical (unpaired) electrons. The number of amides is 3. The lowest BCUT2D eigenvalue weighted by Crippen LogP contribution is -2.59. The first kappa shape index (κ1) is 20.0. The van der Waals surface area contributed by atoms with E-state index in [0.717, 1.165) is 10.5 Å². The van der Waals surface area contributed by atoms with Gasteiger partial charge in [0.1, 0.15) is 5.54 Å². The average molecular weight is 387 g/mol. The summed E-state index contributed by atoms with van der Waals surface area (Å²) in [6.45, 7) is 1.63. The lowest BCUT2D eigenvalue weighted by atomic mass is 9.76. The van der Waals surface area contributed by atoms with Crippen LogP contribution in [0.1, 0.15) is 12.5 Å². The lowest BCUT2D eigenvalue weighted by molar-refractivity contribution is -0.153. The normalized spacial score (nSPS) is 29.0. The molecule has 8 nitrogen and oxygen atoms in total. The number of likely N-dealkylation sites (tertiary alicyclic amines) is 1. The van der Waals surface area contributed by atoms with Gasteiger partial charge in [0.2, 0.25) is 17.7 Å². The van der Waals surface area contributed by atoms with Crippen molar-refractivity contribution < 1.29 is 23.9 Å². The number of carbonyl (C=O) groups excluding carboxylic acids is 4. The maximum Gasteiger partial charge on any atom is 0.327 e. The van der Waals surface area contributed by atoms with Crippen LogP contribution in [0, 0.1) is 11.8 Å². The van der Waals surface area contributed by atoms with E-state index in [1.807, 2.05) is 30.3 Å². The number of nitrogens with one attached hydrogen (secondary N) is 1. The van der Waals surface area contributed by atoms with E-state index in [-0.39, 0.29) is 24.8 Å². The zero-order valence-corrected chi connectivity index (χ0v) is 16.5. The molecule has 0 bridgehead atoms. The van der Waals surface area contributed by atoms with Crippen molar-refractivity contribution in [1.29, 1.82) is 0 Å². The minimum Gasteiger partial charge on any atom is -0.468 e. The number of nitrogens with zero attached hydrogens (tertiary/aromatic N) is 2. The maximum absolute atomic E-state index is 13.0. The van der Waals surface area contributed by atoms with Gasteiger partial charge in [-0.25, -0.2) is 0 Å². The first-order chi connectivity index (χ1) is 13.2. The summed E-state index contributed by atoms with van der Waals surface area (Å²) < 4.78 is 5.07. The largest absolute Gasteiger partial charge is 0.468 e. The zero-order valence-electron chi connectivity index (χ0n) is 16.5. The second-order valence-corrected chi connectivity index (χ2v) is 7.51. The van der Waals surface area contributed by atoms with Gasteiger partial charge in [-0.2, -0.15) is 0 Å². The molecule has 150 valence electrons. The van der Waals surface area contributed by atoms with Gasteiger partial charge in [0.15, 0.2) is 0 Å². The number of hydrogen-bond acceptors (Lipinski definition) is 6. The van der Waals surface area contributed by atoms with Crippen LogP contribution in [0.3, 0.4) is 0 Å². The Morgan fingerprint density at radius 2 is 1.86 bits per heavy atom. The number of rotatable bonds is 5. The van der Waals surface area contributed by atoms with Crippen molar-refractivity contribution in [2.75, 3.05) is 27.7 Å². The number of imide groups is 1. The van der Waals surface area contributed by atoms with Crippen LogP contribution in [0.25, 0.3) is 0 Å². The van der Waals surface area contributed by atoms with Crippen molar-refractivity contribution in [2.24, 2.45) is 11.8 Å². The molecular formula is C20H25N3O5. The molecule has 4 atom stereocenters. The van der Waals surface area contributed by atoms with Crippen molar-refractivity contribution in [3.8, 4) is 0 Å². The standard InChI is InChI=1S/C20H25N3O5/c1-12(24)22(2)11-14-15-16(18(26)23(3)17(15)25)20(21-14,19(27)28-4)10-13-8-6-5-7-9-13/h5-9,14-16,21H,10-11H2,1-4H3/t14-,15+,16-,20-/m1/s1. The highest BCUT2D eigenvalue weighted by molar-refractivity contribution is 6.09. The number of fused-ring (bicyclic) bond motifs is 1. The lowest BCUT2D eigenvalue weighted by Gasteiger charge is -2.32. The van der Waals surface area contributed by atoms with Crippen molar-refractivity contribution in [1.82, 2.24) is 15.1 Å². The van der Waals surface area contributed by atoms with Gasteiger partial charge in [-0.15, -0.1) is 0 Å². The Hall–Kier alpha value is -2.74. The highest BCUT2D eigenvalue weighted by Crippen LogP contribution is 2.44. The van der Waals surface area contributed by atoms with Gasteiger partial charge >= 0.3 is 5.97 Å². The quantitative estimate of drug-likeness (QED) is 0.556. The van der Waals surface area contributed by atoms with Gasteiger partial charge in [-0.1, -0.05) is 30.3 Å². The Labute approximate surface area is 163 Å². The van der Waals surface area contributed by atoms with Crippen molar-refractivity contribution >= 4 is 23.7 Å². The van der Waals surface area contributed by atoms with E-state index >= 15 is 0 Å². The molecule has 0 aromatic heterocycles. The van der Waals surface area contributed by atoms with E-state index in [4.69, 9.17) is 4.74 Å². The number of hydrogen-bond donors (Lipinski definition) is 1. The molecule has 2 aliphatic rings. The number of likely N-dealkylation sites (N-methyl/N-ethyl adjacent to an activating group) is 1. The number of esters is 1.